The van der Waals surface area contributed by atoms with Crippen molar-refractivity contribution in [3.05, 3.63) is 35.9 Å². The van der Waals surface area contributed by atoms with Crippen LogP contribution in [0, 0.1) is 0 Å². The van der Waals surface area contributed by atoms with Crippen LogP contribution in [0.25, 0.3) is 6.08 Å². The number of allylic oxidation sites excluding steroid dienone is 1. The first-order valence-electron chi connectivity index (χ1n) is 5.97. The lowest BCUT2D eigenvalue weighted by Crippen LogP contribution is -2.56. The second-order valence-electron chi connectivity index (χ2n) is 4.59. The van der Waals surface area contributed by atoms with Crippen molar-refractivity contribution in [3.8, 4) is 0 Å². The highest BCUT2D eigenvalue weighted by molar-refractivity contribution is 5.98. The van der Waals surface area contributed by atoms with Crippen LogP contribution in [0.3, 0.4) is 0 Å². The first-order valence-corrected chi connectivity index (χ1v) is 5.97. The molecule has 2 rings (SSSR count). The van der Waals surface area contributed by atoms with Crippen molar-refractivity contribution in [2.75, 3.05) is 5.32 Å². The van der Waals surface area contributed by atoms with E-state index in [-0.39, 0.29) is 5.91 Å². The number of hydrogen-bond acceptors (Lipinski definition) is 2. The number of nitrogens with one attached hydrogen (secondary N) is 1. The summed E-state index contributed by atoms with van der Waals surface area (Å²) in [4.78, 5) is 11.9. The minimum atomic E-state index is -0.637. The summed E-state index contributed by atoms with van der Waals surface area (Å²) in [6.07, 6.45) is 6.62. The van der Waals surface area contributed by atoms with E-state index >= 15 is 0 Å². The number of benzene rings is 1. The topological polar surface area (TPSA) is 55.1 Å². The molecule has 0 radical (unpaired) electrons. The fraction of sp³-hybridized carbons (Fsp3) is 0.357. The molecule has 1 aromatic carbocycles. The van der Waals surface area contributed by atoms with E-state index in [0.717, 1.165) is 30.5 Å². The molecule has 1 amide bonds. The first-order chi connectivity index (χ1) is 8.14. The normalized spacial score (nSPS) is 17.8. The zero-order valence-electron chi connectivity index (χ0n) is 10.1. The average molecular weight is 230 g/mol. The molecule has 1 fully saturated rings. The van der Waals surface area contributed by atoms with Crippen molar-refractivity contribution in [2.24, 2.45) is 5.73 Å². The predicted octanol–water partition coefficient (Wildman–Crippen LogP) is 2.54. The van der Waals surface area contributed by atoms with Gasteiger partial charge in [-0.25, -0.2) is 0 Å². The van der Waals surface area contributed by atoms with Crippen molar-refractivity contribution in [2.45, 2.75) is 31.7 Å². The second-order valence-corrected chi connectivity index (χ2v) is 4.59. The van der Waals surface area contributed by atoms with Gasteiger partial charge in [-0.15, -0.1) is 0 Å². The van der Waals surface area contributed by atoms with Crippen LogP contribution in [-0.2, 0) is 4.79 Å². The summed E-state index contributed by atoms with van der Waals surface area (Å²) in [5, 5.41) is 2.87. The van der Waals surface area contributed by atoms with Crippen LogP contribution in [0.1, 0.15) is 31.7 Å². The van der Waals surface area contributed by atoms with Crippen molar-refractivity contribution in [1.82, 2.24) is 0 Å². The number of carbonyl (C=O) groups is 1. The standard InChI is InChI=1S/C14H18N2O/c1-2-4-11-5-7-12(8-6-11)16-13(17)14(15)9-3-10-14/h2,4-8H,3,9-10,15H2,1H3,(H,16,17)/b4-2+. The van der Waals surface area contributed by atoms with Crippen LogP contribution in [0.2, 0.25) is 0 Å². The van der Waals surface area contributed by atoms with Crippen LogP contribution < -0.4 is 11.1 Å². The fourth-order valence-electron chi connectivity index (χ4n) is 1.91. The van der Waals surface area contributed by atoms with Gasteiger partial charge in [0.15, 0.2) is 0 Å². The minimum Gasteiger partial charge on any atom is -0.324 e. The number of nitrogens with two attached hydrogens (primary N) is 1. The van der Waals surface area contributed by atoms with Crippen molar-refractivity contribution >= 4 is 17.7 Å². The molecule has 0 saturated heterocycles. The van der Waals surface area contributed by atoms with Crippen molar-refractivity contribution in [1.29, 1.82) is 0 Å². The zero-order chi connectivity index (χ0) is 12.3. The van der Waals surface area contributed by atoms with E-state index < -0.39 is 5.54 Å². The summed E-state index contributed by atoms with van der Waals surface area (Å²) in [5.74, 6) is -0.0671. The third-order valence-corrected chi connectivity index (χ3v) is 3.23. The molecule has 90 valence electrons. The van der Waals surface area contributed by atoms with Crippen LogP contribution in [0.4, 0.5) is 5.69 Å². The highest BCUT2D eigenvalue weighted by Gasteiger charge is 2.39. The van der Waals surface area contributed by atoms with Gasteiger partial charge in [-0.2, -0.15) is 0 Å². The number of hydrogen-bond donors (Lipinski definition) is 2. The summed E-state index contributed by atoms with van der Waals surface area (Å²) >= 11 is 0. The molecule has 1 aliphatic carbocycles. The molecule has 0 spiro atoms. The largest absolute Gasteiger partial charge is 0.324 e. The van der Waals surface area contributed by atoms with Gasteiger partial charge < -0.3 is 11.1 Å². The molecule has 0 heterocycles. The third kappa shape index (κ3) is 2.56. The highest BCUT2D eigenvalue weighted by Crippen LogP contribution is 2.30. The van der Waals surface area contributed by atoms with E-state index in [1.165, 1.54) is 0 Å². The van der Waals surface area contributed by atoms with Gasteiger partial charge in [0.2, 0.25) is 5.91 Å². The number of rotatable bonds is 3. The Kier molecular flexibility index (Phi) is 3.29. The molecular weight excluding hydrogens is 212 g/mol. The summed E-state index contributed by atoms with van der Waals surface area (Å²) < 4.78 is 0. The van der Waals surface area contributed by atoms with Gasteiger partial charge in [-0.3, -0.25) is 4.79 Å². The Bertz CT molecular complexity index is 430. The smallest absolute Gasteiger partial charge is 0.244 e. The Hall–Kier alpha value is -1.61. The monoisotopic (exact) mass is 230 g/mol. The number of carbonyl (C=O) groups excluding carboxylic acids is 1. The maximum Gasteiger partial charge on any atom is 0.244 e. The molecule has 1 aromatic rings. The summed E-state index contributed by atoms with van der Waals surface area (Å²) in [6.45, 7) is 1.98. The van der Waals surface area contributed by atoms with Crippen LogP contribution >= 0.6 is 0 Å². The molecular formula is C14H18N2O. The Morgan fingerprint density at radius 3 is 2.47 bits per heavy atom. The molecule has 0 unspecified atom stereocenters. The maximum absolute atomic E-state index is 11.9. The molecule has 0 aliphatic heterocycles. The molecule has 0 aromatic heterocycles. The molecule has 3 nitrogen and oxygen atoms in total. The van der Waals surface area contributed by atoms with Gasteiger partial charge in [-0.1, -0.05) is 24.3 Å². The average Bonchev–Trinajstić information content (AvgIpc) is 2.29. The quantitative estimate of drug-likeness (QED) is 0.838. The zero-order valence-corrected chi connectivity index (χ0v) is 10.1. The van der Waals surface area contributed by atoms with E-state index in [1.54, 1.807) is 0 Å². The Morgan fingerprint density at radius 2 is 2.00 bits per heavy atom. The number of anilines is 1. The van der Waals surface area contributed by atoms with E-state index in [2.05, 4.69) is 5.32 Å². The molecule has 1 saturated carbocycles. The summed E-state index contributed by atoms with van der Waals surface area (Å²) in [7, 11) is 0. The second kappa shape index (κ2) is 4.72. The molecule has 3 heteroatoms. The Balaban J connectivity index is 2.01. The van der Waals surface area contributed by atoms with Crippen LogP contribution in [-0.4, -0.2) is 11.4 Å². The predicted molar refractivity (Wildman–Crippen MR) is 70.5 cm³/mol. The lowest BCUT2D eigenvalue weighted by Gasteiger charge is -2.36. The van der Waals surface area contributed by atoms with Gasteiger partial charge in [0.1, 0.15) is 0 Å². The maximum atomic E-state index is 11.9. The molecule has 17 heavy (non-hydrogen) atoms. The SMILES string of the molecule is C/C=C/c1ccc(NC(=O)C2(N)CCC2)cc1. The lowest BCUT2D eigenvalue weighted by atomic mass is 9.77. The van der Waals surface area contributed by atoms with Gasteiger partial charge in [0, 0.05) is 5.69 Å². The van der Waals surface area contributed by atoms with Gasteiger partial charge in [-0.05, 0) is 43.9 Å². The Labute approximate surface area is 102 Å². The fourth-order valence-corrected chi connectivity index (χ4v) is 1.91. The van der Waals surface area contributed by atoms with Crippen LogP contribution in [0.5, 0.6) is 0 Å². The number of amides is 1. The lowest BCUT2D eigenvalue weighted by molar-refractivity contribution is -0.123. The summed E-state index contributed by atoms with van der Waals surface area (Å²) in [5.41, 5.74) is 7.24. The Morgan fingerprint density at radius 1 is 1.35 bits per heavy atom. The van der Waals surface area contributed by atoms with E-state index in [9.17, 15) is 4.79 Å². The van der Waals surface area contributed by atoms with E-state index in [0.29, 0.717) is 0 Å². The van der Waals surface area contributed by atoms with E-state index in [4.69, 9.17) is 5.73 Å². The van der Waals surface area contributed by atoms with Crippen molar-refractivity contribution in [3.63, 3.8) is 0 Å². The van der Waals surface area contributed by atoms with E-state index in [1.807, 2.05) is 43.3 Å². The first kappa shape index (κ1) is 11.9. The summed E-state index contributed by atoms with van der Waals surface area (Å²) in [6, 6.07) is 7.74. The molecule has 0 bridgehead atoms. The molecule has 0 atom stereocenters. The highest BCUT2D eigenvalue weighted by atomic mass is 16.2. The van der Waals surface area contributed by atoms with Gasteiger partial charge in [0.25, 0.3) is 0 Å². The molecule has 3 N–H and O–H groups in total. The third-order valence-electron chi connectivity index (χ3n) is 3.23. The van der Waals surface area contributed by atoms with Gasteiger partial charge in [0.05, 0.1) is 5.54 Å². The van der Waals surface area contributed by atoms with Crippen molar-refractivity contribution < 1.29 is 4.79 Å². The molecule has 1 aliphatic rings. The minimum absolute atomic E-state index is 0.0671. The van der Waals surface area contributed by atoms with Gasteiger partial charge >= 0.3 is 0 Å². The van der Waals surface area contributed by atoms with Crippen LogP contribution in [0.15, 0.2) is 30.3 Å².